The number of imidazole rings is 1. The minimum Gasteiger partial charge on any atom is -0.383 e. The van der Waals surface area contributed by atoms with Crippen LogP contribution in [0.25, 0.3) is 11.2 Å². The summed E-state index contributed by atoms with van der Waals surface area (Å²) in [6, 6.07) is 5.69. The van der Waals surface area contributed by atoms with Crippen LogP contribution in [0.15, 0.2) is 46.2 Å². The zero-order valence-electron chi connectivity index (χ0n) is 24.0. The maximum absolute atomic E-state index is 13.3. The number of hydrogen-bond acceptors (Lipinski definition) is 8. The number of H-pyrrole nitrogens is 2. The van der Waals surface area contributed by atoms with E-state index in [1.807, 2.05) is 17.9 Å². The quantitative estimate of drug-likeness (QED) is 0.237. The van der Waals surface area contributed by atoms with Gasteiger partial charge in [-0.05, 0) is 43.0 Å². The summed E-state index contributed by atoms with van der Waals surface area (Å²) in [7, 11) is 1.53. The van der Waals surface area contributed by atoms with Crippen molar-refractivity contribution in [2.75, 3.05) is 31.7 Å². The van der Waals surface area contributed by atoms with Gasteiger partial charge in [0.15, 0.2) is 5.65 Å². The Morgan fingerprint density at radius 3 is 2.63 bits per heavy atom. The number of carbonyl (C=O) groups is 2. The molecule has 5 rings (SSSR count). The Morgan fingerprint density at radius 1 is 1.14 bits per heavy atom. The highest BCUT2D eigenvalue weighted by molar-refractivity contribution is 6.05. The predicted molar refractivity (Wildman–Crippen MR) is 155 cm³/mol. The number of fused-ring (bicyclic) bond motifs is 1. The van der Waals surface area contributed by atoms with Gasteiger partial charge < -0.3 is 14.6 Å². The molecule has 0 aromatic carbocycles. The van der Waals surface area contributed by atoms with Crippen molar-refractivity contribution in [3.63, 3.8) is 0 Å². The molecule has 0 unspecified atom stereocenters. The third-order valence-electron chi connectivity index (χ3n) is 7.44. The normalized spacial score (nSPS) is 14.0. The number of amides is 2. The molecule has 0 radical (unpaired) electrons. The van der Waals surface area contributed by atoms with Gasteiger partial charge in [0.05, 0.1) is 24.8 Å². The van der Waals surface area contributed by atoms with Crippen LogP contribution in [-0.4, -0.2) is 73.0 Å². The van der Waals surface area contributed by atoms with Gasteiger partial charge in [-0.15, -0.1) is 0 Å². The molecule has 2 amide bonds. The highest BCUT2D eigenvalue weighted by Gasteiger charge is 2.30. The van der Waals surface area contributed by atoms with Gasteiger partial charge in [0.25, 0.3) is 11.5 Å². The van der Waals surface area contributed by atoms with E-state index in [4.69, 9.17) is 4.74 Å². The number of nitrogens with one attached hydrogen (secondary N) is 2. The van der Waals surface area contributed by atoms with Gasteiger partial charge in [0, 0.05) is 45.4 Å². The van der Waals surface area contributed by atoms with E-state index >= 15 is 0 Å². The Morgan fingerprint density at radius 2 is 1.98 bits per heavy atom. The van der Waals surface area contributed by atoms with Gasteiger partial charge in [-0.3, -0.25) is 28.8 Å². The molecule has 0 saturated carbocycles. The maximum atomic E-state index is 13.3. The van der Waals surface area contributed by atoms with Crippen molar-refractivity contribution in [2.45, 2.75) is 51.6 Å². The van der Waals surface area contributed by atoms with Gasteiger partial charge >= 0.3 is 5.69 Å². The van der Waals surface area contributed by atoms with Crippen LogP contribution in [0.2, 0.25) is 0 Å². The second-order valence-corrected chi connectivity index (χ2v) is 10.3. The molecule has 0 aliphatic carbocycles. The number of methoxy groups -OCH3 is 1. The van der Waals surface area contributed by atoms with Crippen LogP contribution in [0.1, 0.15) is 60.4 Å². The first kappa shape index (κ1) is 29.8. The van der Waals surface area contributed by atoms with Crippen molar-refractivity contribution in [1.82, 2.24) is 34.4 Å². The van der Waals surface area contributed by atoms with E-state index in [0.29, 0.717) is 56.1 Å². The number of rotatable bonds is 12. The number of anilines is 1. The molecule has 13 nitrogen and oxygen atoms in total. The largest absolute Gasteiger partial charge is 0.383 e. The van der Waals surface area contributed by atoms with Crippen molar-refractivity contribution in [1.29, 1.82) is 0 Å². The number of aromatic nitrogens is 6. The fourth-order valence-corrected chi connectivity index (χ4v) is 5.33. The standard InChI is InChI=1S/C29H33FN8O5/c1-3-12-38-26-25(27(40)35-29(38)42)33-22(34-26)10-8-20(36-13-4-5-24(36)39)18-7-11-23(32-16-18)37(14-15-43-2)28(41)19-6-9-21(30)31-17-19/h6-7,9,11,16-17,20H,3-5,8,10,12-15H2,1-2H3,(H,33,34)(H,35,40,42)/t20-/m0/s1. The van der Waals surface area contributed by atoms with Gasteiger partial charge in [-0.25, -0.2) is 19.7 Å². The summed E-state index contributed by atoms with van der Waals surface area (Å²) in [6.45, 7) is 3.40. The van der Waals surface area contributed by atoms with Crippen molar-refractivity contribution >= 4 is 28.8 Å². The molecular weight excluding hydrogens is 559 g/mol. The number of carbonyl (C=O) groups excluding carboxylic acids is 2. The molecule has 1 saturated heterocycles. The molecule has 2 N–H and O–H groups in total. The Bertz CT molecular complexity index is 1710. The Balaban J connectivity index is 1.41. The van der Waals surface area contributed by atoms with Crippen molar-refractivity contribution in [2.24, 2.45) is 0 Å². The smallest absolute Gasteiger partial charge is 0.330 e. The first-order valence-electron chi connectivity index (χ1n) is 14.2. The molecule has 226 valence electrons. The lowest BCUT2D eigenvalue weighted by Crippen LogP contribution is -2.35. The summed E-state index contributed by atoms with van der Waals surface area (Å²) < 4.78 is 20.0. The van der Waals surface area contributed by atoms with E-state index in [9.17, 15) is 23.6 Å². The first-order valence-corrected chi connectivity index (χ1v) is 14.2. The summed E-state index contributed by atoms with van der Waals surface area (Å²) in [5.41, 5.74) is 0.498. The van der Waals surface area contributed by atoms with Crippen LogP contribution in [0.4, 0.5) is 10.2 Å². The van der Waals surface area contributed by atoms with E-state index in [-0.39, 0.29) is 36.2 Å². The minimum atomic E-state index is -0.685. The monoisotopic (exact) mass is 592 g/mol. The maximum Gasteiger partial charge on any atom is 0.330 e. The van der Waals surface area contributed by atoms with E-state index in [1.165, 1.54) is 28.8 Å². The van der Waals surface area contributed by atoms with Crippen molar-refractivity contribution in [3.05, 3.63) is 80.4 Å². The average Bonchev–Trinajstić information content (AvgIpc) is 3.63. The SMILES string of the molecule is CCCn1c(=O)[nH]c(=O)c2[nH]c(CC[C@@H](c3ccc(N(CCOC)C(=O)c4ccc(F)nc4)nc3)N3CCCC3=O)nc21. The van der Waals surface area contributed by atoms with Gasteiger partial charge in [0.1, 0.15) is 17.2 Å². The third kappa shape index (κ3) is 6.38. The summed E-state index contributed by atoms with van der Waals surface area (Å²) >= 11 is 0. The predicted octanol–water partition coefficient (Wildman–Crippen LogP) is 2.34. The summed E-state index contributed by atoms with van der Waals surface area (Å²) in [5, 5.41) is 0. The molecule has 1 fully saturated rings. The van der Waals surface area contributed by atoms with Gasteiger partial charge in [-0.1, -0.05) is 13.0 Å². The molecule has 1 aliphatic rings. The lowest BCUT2D eigenvalue weighted by molar-refractivity contribution is -0.130. The van der Waals surface area contributed by atoms with E-state index < -0.39 is 23.1 Å². The summed E-state index contributed by atoms with van der Waals surface area (Å²) in [5.74, 6) is -0.159. The highest BCUT2D eigenvalue weighted by atomic mass is 19.1. The number of pyridine rings is 2. The summed E-state index contributed by atoms with van der Waals surface area (Å²) in [6.07, 6.45) is 5.60. The fourth-order valence-electron chi connectivity index (χ4n) is 5.33. The van der Waals surface area contributed by atoms with Crippen LogP contribution in [0.5, 0.6) is 0 Å². The second-order valence-electron chi connectivity index (χ2n) is 10.3. The zero-order chi connectivity index (χ0) is 30.5. The lowest BCUT2D eigenvalue weighted by Gasteiger charge is -2.28. The van der Waals surface area contributed by atoms with Crippen LogP contribution in [0.3, 0.4) is 0 Å². The van der Waals surface area contributed by atoms with E-state index in [2.05, 4.69) is 24.9 Å². The van der Waals surface area contributed by atoms with Crippen molar-refractivity contribution in [3.8, 4) is 0 Å². The van der Waals surface area contributed by atoms with Crippen LogP contribution < -0.4 is 16.1 Å². The summed E-state index contributed by atoms with van der Waals surface area (Å²) in [4.78, 5) is 72.2. The van der Waals surface area contributed by atoms with E-state index in [0.717, 1.165) is 18.1 Å². The molecule has 43 heavy (non-hydrogen) atoms. The molecule has 4 aromatic rings. The number of aromatic amines is 2. The fraction of sp³-hybridized carbons (Fsp3) is 0.414. The molecule has 0 bridgehead atoms. The van der Waals surface area contributed by atoms with Crippen molar-refractivity contribution < 1.29 is 18.7 Å². The number of halogens is 1. The topological polar surface area (TPSA) is 159 Å². The molecule has 4 aromatic heterocycles. The Hall–Kier alpha value is -4.72. The second kappa shape index (κ2) is 13.1. The number of nitrogens with zero attached hydrogens (tertiary/aromatic N) is 6. The lowest BCUT2D eigenvalue weighted by atomic mass is 10.0. The number of aryl methyl sites for hydroxylation is 2. The van der Waals surface area contributed by atoms with Crippen LogP contribution in [0, 0.1) is 5.95 Å². The van der Waals surface area contributed by atoms with Gasteiger partial charge in [0.2, 0.25) is 11.9 Å². The number of hydrogen-bond donors (Lipinski definition) is 2. The minimum absolute atomic E-state index is 0.0348. The van der Waals surface area contributed by atoms with Crippen LogP contribution >= 0.6 is 0 Å². The molecule has 5 heterocycles. The Kier molecular flexibility index (Phi) is 9.04. The van der Waals surface area contributed by atoms with E-state index in [1.54, 1.807) is 12.3 Å². The van der Waals surface area contributed by atoms with Crippen LogP contribution in [-0.2, 0) is 22.5 Å². The molecule has 1 aliphatic heterocycles. The molecule has 14 heteroatoms. The average molecular weight is 593 g/mol. The third-order valence-corrected chi connectivity index (χ3v) is 7.44. The highest BCUT2D eigenvalue weighted by Crippen LogP contribution is 2.31. The van der Waals surface area contributed by atoms with Gasteiger partial charge in [-0.2, -0.15) is 4.39 Å². The number of likely N-dealkylation sites (tertiary alicyclic amines) is 1. The number of ether oxygens (including phenoxy) is 1. The first-order chi connectivity index (χ1) is 20.8. The molecule has 1 atom stereocenters. The Labute approximate surface area is 245 Å². The molecular formula is C29H33FN8O5. The zero-order valence-corrected chi connectivity index (χ0v) is 24.0. The molecule has 0 spiro atoms.